The van der Waals surface area contributed by atoms with Gasteiger partial charge < -0.3 is 14.8 Å². The van der Waals surface area contributed by atoms with E-state index < -0.39 is 11.7 Å². The van der Waals surface area contributed by atoms with Crippen molar-refractivity contribution in [2.75, 3.05) is 18.5 Å². The van der Waals surface area contributed by atoms with E-state index in [0.717, 1.165) is 5.56 Å². The molecule has 0 saturated heterocycles. The SMILES string of the molecule is CCOc1ccc(/C=C/C(=O)Nc2ccccc2F)cc1OCC. The molecular weight excluding hydrogens is 309 g/mol. The number of para-hydroxylation sites is 1. The Morgan fingerprint density at radius 3 is 2.50 bits per heavy atom. The number of nitrogens with one attached hydrogen (secondary N) is 1. The summed E-state index contributed by atoms with van der Waals surface area (Å²) >= 11 is 0. The van der Waals surface area contributed by atoms with Gasteiger partial charge in [-0.05, 0) is 49.8 Å². The van der Waals surface area contributed by atoms with E-state index in [1.54, 1.807) is 30.3 Å². The van der Waals surface area contributed by atoms with Crippen molar-refractivity contribution in [2.24, 2.45) is 0 Å². The topological polar surface area (TPSA) is 47.6 Å². The summed E-state index contributed by atoms with van der Waals surface area (Å²) in [5.41, 5.74) is 0.930. The number of ether oxygens (including phenoxy) is 2. The lowest BCUT2D eigenvalue weighted by Crippen LogP contribution is -2.09. The van der Waals surface area contributed by atoms with Crippen LogP contribution in [0.4, 0.5) is 10.1 Å². The molecule has 2 aromatic carbocycles. The number of benzene rings is 2. The average Bonchev–Trinajstić information content (AvgIpc) is 2.57. The summed E-state index contributed by atoms with van der Waals surface area (Å²) in [7, 11) is 0. The van der Waals surface area contributed by atoms with Gasteiger partial charge in [0, 0.05) is 6.08 Å². The number of carbonyl (C=O) groups excluding carboxylic acids is 1. The molecule has 0 aliphatic heterocycles. The Morgan fingerprint density at radius 1 is 1.08 bits per heavy atom. The second kappa shape index (κ2) is 8.72. The molecule has 2 aromatic rings. The maximum Gasteiger partial charge on any atom is 0.248 e. The van der Waals surface area contributed by atoms with Gasteiger partial charge in [0.2, 0.25) is 5.91 Å². The van der Waals surface area contributed by atoms with Crippen LogP contribution in [0, 0.1) is 5.82 Å². The van der Waals surface area contributed by atoms with E-state index in [0.29, 0.717) is 24.7 Å². The van der Waals surface area contributed by atoms with Gasteiger partial charge in [0.1, 0.15) is 5.82 Å². The number of amides is 1. The molecule has 0 fully saturated rings. The van der Waals surface area contributed by atoms with E-state index in [9.17, 15) is 9.18 Å². The van der Waals surface area contributed by atoms with Crippen molar-refractivity contribution < 1.29 is 18.7 Å². The summed E-state index contributed by atoms with van der Waals surface area (Å²) in [6.45, 7) is 4.85. The molecule has 0 aliphatic rings. The summed E-state index contributed by atoms with van der Waals surface area (Å²) in [5.74, 6) is 0.397. The second-order valence-electron chi connectivity index (χ2n) is 4.87. The average molecular weight is 329 g/mol. The number of rotatable bonds is 7. The van der Waals surface area contributed by atoms with Gasteiger partial charge in [-0.15, -0.1) is 0 Å². The molecule has 0 aliphatic carbocycles. The summed E-state index contributed by atoms with van der Waals surface area (Å²) in [6, 6.07) is 11.4. The second-order valence-corrected chi connectivity index (χ2v) is 4.87. The Morgan fingerprint density at radius 2 is 1.79 bits per heavy atom. The van der Waals surface area contributed by atoms with Crippen LogP contribution in [-0.4, -0.2) is 19.1 Å². The summed E-state index contributed by atoms with van der Waals surface area (Å²) in [4.78, 5) is 11.9. The highest BCUT2D eigenvalue weighted by molar-refractivity contribution is 6.02. The van der Waals surface area contributed by atoms with E-state index >= 15 is 0 Å². The minimum atomic E-state index is -0.473. The fourth-order valence-electron chi connectivity index (χ4n) is 2.08. The van der Waals surface area contributed by atoms with E-state index in [2.05, 4.69) is 5.32 Å². The van der Waals surface area contributed by atoms with Crippen LogP contribution in [0.2, 0.25) is 0 Å². The quantitative estimate of drug-likeness (QED) is 0.772. The van der Waals surface area contributed by atoms with Gasteiger partial charge in [-0.3, -0.25) is 4.79 Å². The monoisotopic (exact) mass is 329 g/mol. The van der Waals surface area contributed by atoms with Crippen LogP contribution < -0.4 is 14.8 Å². The Hall–Kier alpha value is -2.82. The molecule has 0 heterocycles. The summed E-state index contributed by atoms with van der Waals surface area (Å²) in [6.07, 6.45) is 2.98. The van der Waals surface area contributed by atoms with Crippen molar-refractivity contribution >= 4 is 17.7 Å². The Kier molecular flexibility index (Phi) is 6.37. The molecule has 4 nitrogen and oxygen atoms in total. The molecule has 5 heteroatoms. The van der Waals surface area contributed by atoms with Crippen molar-refractivity contribution in [3.05, 3.63) is 59.9 Å². The fourth-order valence-corrected chi connectivity index (χ4v) is 2.08. The predicted molar refractivity (Wildman–Crippen MR) is 92.8 cm³/mol. The largest absolute Gasteiger partial charge is 0.490 e. The maximum absolute atomic E-state index is 13.5. The van der Waals surface area contributed by atoms with Crippen LogP contribution in [0.5, 0.6) is 11.5 Å². The number of hydrogen-bond acceptors (Lipinski definition) is 3. The molecular formula is C19H20FNO3. The molecule has 2 rings (SSSR count). The third-order valence-electron chi connectivity index (χ3n) is 3.13. The first kappa shape index (κ1) is 17.5. The number of carbonyl (C=O) groups is 1. The van der Waals surface area contributed by atoms with Crippen molar-refractivity contribution in [2.45, 2.75) is 13.8 Å². The molecule has 0 saturated carbocycles. The summed E-state index contributed by atoms with van der Waals surface area (Å²) in [5, 5.41) is 2.50. The molecule has 1 amide bonds. The summed E-state index contributed by atoms with van der Waals surface area (Å²) < 4.78 is 24.5. The van der Waals surface area contributed by atoms with Gasteiger partial charge in [-0.25, -0.2) is 4.39 Å². The van der Waals surface area contributed by atoms with Crippen LogP contribution >= 0.6 is 0 Å². The van der Waals surface area contributed by atoms with Crippen molar-refractivity contribution in [3.8, 4) is 11.5 Å². The zero-order valence-corrected chi connectivity index (χ0v) is 13.7. The minimum absolute atomic E-state index is 0.147. The van der Waals surface area contributed by atoms with Gasteiger partial charge in [-0.2, -0.15) is 0 Å². The highest BCUT2D eigenvalue weighted by Crippen LogP contribution is 2.29. The smallest absolute Gasteiger partial charge is 0.248 e. The molecule has 1 N–H and O–H groups in total. The van der Waals surface area contributed by atoms with Crippen LogP contribution in [-0.2, 0) is 4.79 Å². The zero-order chi connectivity index (χ0) is 17.4. The molecule has 24 heavy (non-hydrogen) atoms. The fraction of sp³-hybridized carbons (Fsp3) is 0.211. The van der Waals surface area contributed by atoms with Gasteiger partial charge in [0.15, 0.2) is 11.5 Å². The van der Waals surface area contributed by atoms with Crippen LogP contribution in [0.3, 0.4) is 0 Å². The maximum atomic E-state index is 13.5. The third-order valence-corrected chi connectivity index (χ3v) is 3.13. The molecule has 126 valence electrons. The van der Waals surface area contributed by atoms with Crippen molar-refractivity contribution in [1.29, 1.82) is 0 Å². The normalized spacial score (nSPS) is 10.6. The predicted octanol–water partition coefficient (Wildman–Crippen LogP) is 4.28. The van der Waals surface area contributed by atoms with Gasteiger partial charge >= 0.3 is 0 Å². The molecule has 0 radical (unpaired) electrons. The first-order valence-electron chi connectivity index (χ1n) is 7.77. The number of anilines is 1. The molecule has 0 unspecified atom stereocenters. The number of hydrogen-bond donors (Lipinski definition) is 1. The van der Waals surface area contributed by atoms with E-state index in [-0.39, 0.29) is 5.69 Å². The lowest BCUT2D eigenvalue weighted by atomic mass is 10.2. The Balaban J connectivity index is 2.09. The van der Waals surface area contributed by atoms with E-state index in [4.69, 9.17) is 9.47 Å². The first-order valence-corrected chi connectivity index (χ1v) is 7.77. The number of halogens is 1. The Labute approximate surface area is 140 Å². The van der Waals surface area contributed by atoms with Crippen molar-refractivity contribution in [1.82, 2.24) is 0 Å². The minimum Gasteiger partial charge on any atom is -0.490 e. The lowest BCUT2D eigenvalue weighted by Gasteiger charge is -2.11. The van der Waals surface area contributed by atoms with Crippen LogP contribution in [0.15, 0.2) is 48.5 Å². The zero-order valence-electron chi connectivity index (χ0n) is 13.7. The molecule has 0 atom stereocenters. The van der Waals surface area contributed by atoms with E-state index in [1.165, 1.54) is 18.2 Å². The van der Waals surface area contributed by atoms with Gasteiger partial charge in [-0.1, -0.05) is 18.2 Å². The molecule has 0 spiro atoms. The standard InChI is InChI=1S/C19H20FNO3/c1-3-23-17-11-9-14(13-18(17)24-4-2)10-12-19(22)21-16-8-6-5-7-15(16)20/h5-13H,3-4H2,1-2H3,(H,21,22)/b12-10+. The van der Waals surface area contributed by atoms with Gasteiger partial charge in [0.05, 0.1) is 18.9 Å². The Bertz CT molecular complexity index is 728. The van der Waals surface area contributed by atoms with E-state index in [1.807, 2.05) is 19.9 Å². The third kappa shape index (κ3) is 4.84. The lowest BCUT2D eigenvalue weighted by molar-refractivity contribution is -0.111. The van der Waals surface area contributed by atoms with Crippen LogP contribution in [0.1, 0.15) is 19.4 Å². The highest BCUT2D eigenvalue weighted by atomic mass is 19.1. The highest BCUT2D eigenvalue weighted by Gasteiger charge is 2.06. The molecule has 0 bridgehead atoms. The van der Waals surface area contributed by atoms with Crippen molar-refractivity contribution in [3.63, 3.8) is 0 Å². The molecule has 0 aromatic heterocycles. The van der Waals surface area contributed by atoms with Crippen LogP contribution in [0.25, 0.3) is 6.08 Å². The van der Waals surface area contributed by atoms with Gasteiger partial charge in [0.25, 0.3) is 0 Å². The first-order chi connectivity index (χ1) is 11.6.